The van der Waals surface area contributed by atoms with Crippen LogP contribution in [0.4, 0.5) is 0 Å². The van der Waals surface area contributed by atoms with Gasteiger partial charge in [0.05, 0.1) is 11.3 Å². The van der Waals surface area contributed by atoms with Crippen molar-refractivity contribution >= 4 is 17.3 Å². The van der Waals surface area contributed by atoms with Crippen LogP contribution in [-0.4, -0.2) is 27.5 Å². The summed E-state index contributed by atoms with van der Waals surface area (Å²) in [5.74, 6) is -0.940. The Morgan fingerprint density at radius 1 is 1.37 bits per heavy atom. The molecule has 0 unspecified atom stereocenters. The molecule has 2 rings (SSSR count). The van der Waals surface area contributed by atoms with E-state index in [9.17, 15) is 4.79 Å². The van der Waals surface area contributed by atoms with Gasteiger partial charge in [-0.05, 0) is 30.1 Å². The number of pyridine rings is 1. The Morgan fingerprint density at radius 2 is 2.21 bits per heavy atom. The lowest BCUT2D eigenvalue weighted by atomic mass is 10.2. The molecule has 4 nitrogen and oxygen atoms in total. The maximum atomic E-state index is 10.8. The number of aromatic carboxylic acids is 1. The lowest BCUT2D eigenvalue weighted by molar-refractivity contribution is 0.0696. The lowest BCUT2D eigenvalue weighted by Gasteiger charge is -2.19. The van der Waals surface area contributed by atoms with Crippen LogP contribution in [0, 0.1) is 0 Å². The topological polar surface area (TPSA) is 53.4 Å². The highest BCUT2D eigenvalue weighted by molar-refractivity contribution is 7.09. The van der Waals surface area contributed by atoms with Crippen LogP contribution in [0.15, 0.2) is 35.8 Å². The summed E-state index contributed by atoms with van der Waals surface area (Å²) < 4.78 is 0. The molecule has 0 aliphatic heterocycles. The summed E-state index contributed by atoms with van der Waals surface area (Å²) in [7, 11) is 0. The molecule has 2 aromatic rings. The summed E-state index contributed by atoms with van der Waals surface area (Å²) in [6.07, 6.45) is 1.41. The van der Waals surface area contributed by atoms with Gasteiger partial charge in [-0.15, -0.1) is 11.3 Å². The zero-order valence-corrected chi connectivity index (χ0v) is 11.6. The second-order valence-electron chi connectivity index (χ2n) is 4.23. The highest BCUT2D eigenvalue weighted by atomic mass is 32.1. The number of rotatable bonds is 6. The molecule has 0 saturated heterocycles. The second-order valence-corrected chi connectivity index (χ2v) is 5.26. The number of thiophene rings is 1. The van der Waals surface area contributed by atoms with Gasteiger partial charge in [-0.2, -0.15) is 0 Å². The first-order chi connectivity index (χ1) is 9.19. The van der Waals surface area contributed by atoms with Crippen LogP contribution in [0.1, 0.15) is 27.9 Å². The second kappa shape index (κ2) is 6.45. The first-order valence-electron chi connectivity index (χ1n) is 6.12. The smallest absolute Gasteiger partial charge is 0.337 e. The molecule has 2 heterocycles. The Hall–Kier alpha value is -1.72. The van der Waals surface area contributed by atoms with Gasteiger partial charge in [0.15, 0.2) is 0 Å². The van der Waals surface area contributed by atoms with Gasteiger partial charge in [0.1, 0.15) is 0 Å². The third-order valence-corrected chi connectivity index (χ3v) is 3.73. The van der Waals surface area contributed by atoms with E-state index in [0.29, 0.717) is 0 Å². The van der Waals surface area contributed by atoms with Gasteiger partial charge in [-0.25, -0.2) is 4.79 Å². The first kappa shape index (κ1) is 13.7. The van der Waals surface area contributed by atoms with E-state index in [1.807, 2.05) is 6.07 Å². The van der Waals surface area contributed by atoms with E-state index in [-0.39, 0.29) is 5.56 Å². The van der Waals surface area contributed by atoms with Crippen LogP contribution in [0.2, 0.25) is 0 Å². The number of aromatic nitrogens is 1. The van der Waals surface area contributed by atoms with Gasteiger partial charge in [0.25, 0.3) is 0 Å². The van der Waals surface area contributed by atoms with E-state index < -0.39 is 5.97 Å². The van der Waals surface area contributed by atoms with Gasteiger partial charge in [-0.1, -0.05) is 13.0 Å². The summed E-state index contributed by atoms with van der Waals surface area (Å²) in [4.78, 5) is 18.5. The summed E-state index contributed by atoms with van der Waals surface area (Å²) in [6.45, 7) is 4.67. The van der Waals surface area contributed by atoms with Crippen LogP contribution in [0.3, 0.4) is 0 Å². The Labute approximate surface area is 116 Å². The minimum absolute atomic E-state index is 0.227. The van der Waals surface area contributed by atoms with Crippen molar-refractivity contribution in [3.63, 3.8) is 0 Å². The highest BCUT2D eigenvalue weighted by Crippen LogP contribution is 2.13. The van der Waals surface area contributed by atoms with Crippen LogP contribution >= 0.6 is 11.3 Å². The molecular weight excluding hydrogens is 260 g/mol. The molecule has 1 N–H and O–H groups in total. The molecule has 0 saturated carbocycles. The monoisotopic (exact) mass is 276 g/mol. The fourth-order valence-electron chi connectivity index (χ4n) is 1.78. The molecule has 0 atom stereocenters. The fraction of sp³-hybridized carbons (Fsp3) is 0.286. The standard InChI is InChI=1S/C14H16N2O2S/c1-2-16(10-13-4-3-7-19-13)9-12-6-5-11(8-15-12)14(17)18/h3-8H,2,9-10H2,1H3,(H,17,18). The fourth-order valence-corrected chi connectivity index (χ4v) is 2.52. The SMILES string of the molecule is CCN(Cc1ccc(C(=O)O)cn1)Cc1cccs1. The molecule has 0 radical (unpaired) electrons. The van der Waals surface area contributed by atoms with Crippen molar-refractivity contribution in [2.45, 2.75) is 20.0 Å². The van der Waals surface area contributed by atoms with Crippen molar-refractivity contribution in [1.29, 1.82) is 0 Å². The normalized spacial score (nSPS) is 10.8. The average molecular weight is 276 g/mol. The van der Waals surface area contributed by atoms with Gasteiger partial charge < -0.3 is 5.11 Å². The molecule has 0 amide bonds. The minimum Gasteiger partial charge on any atom is -0.478 e. The van der Waals surface area contributed by atoms with E-state index in [2.05, 4.69) is 28.3 Å². The highest BCUT2D eigenvalue weighted by Gasteiger charge is 2.08. The number of carboxylic acid groups (broad SMARTS) is 1. The predicted octanol–water partition coefficient (Wildman–Crippen LogP) is 2.86. The van der Waals surface area contributed by atoms with Crippen LogP contribution < -0.4 is 0 Å². The quantitative estimate of drug-likeness (QED) is 0.881. The van der Waals surface area contributed by atoms with Gasteiger partial charge in [-0.3, -0.25) is 9.88 Å². The minimum atomic E-state index is -0.940. The molecule has 5 heteroatoms. The van der Waals surface area contributed by atoms with Crippen molar-refractivity contribution in [2.24, 2.45) is 0 Å². The van der Waals surface area contributed by atoms with Crippen molar-refractivity contribution in [3.05, 3.63) is 52.0 Å². The van der Waals surface area contributed by atoms with Crippen molar-refractivity contribution in [2.75, 3.05) is 6.54 Å². The first-order valence-corrected chi connectivity index (χ1v) is 7.00. The number of carboxylic acids is 1. The number of hydrogen-bond donors (Lipinski definition) is 1. The van der Waals surface area contributed by atoms with Gasteiger partial charge in [0, 0.05) is 24.2 Å². The van der Waals surface area contributed by atoms with Gasteiger partial charge >= 0.3 is 5.97 Å². The third kappa shape index (κ3) is 3.87. The zero-order chi connectivity index (χ0) is 13.7. The number of hydrogen-bond acceptors (Lipinski definition) is 4. The van der Waals surface area contributed by atoms with E-state index in [1.165, 1.54) is 11.1 Å². The predicted molar refractivity (Wildman–Crippen MR) is 75.3 cm³/mol. The number of nitrogens with zero attached hydrogens (tertiary/aromatic N) is 2. The van der Waals surface area contributed by atoms with Crippen LogP contribution in [-0.2, 0) is 13.1 Å². The molecule has 2 aromatic heterocycles. The van der Waals surface area contributed by atoms with E-state index in [4.69, 9.17) is 5.11 Å². The van der Waals surface area contributed by atoms with Crippen LogP contribution in [0.25, 0.3) is 0 Å². The molecule has 0 aliphatic rings. The maximum absolute atomic E-state index is 10.8. The lowest BCUT2D eigenvalue weighted by Crippen LogP contribution is -2.22. The third-order valence-electron chi connectivity index (χ3n) is 2.86. The zero-order valence-electron chi connectivity index (χ0n) is 10.7. The Kier molecular flexibility index (Phi) is 4.65. The molecule has 0 aliphatic carbocycles. The molecular formula is C14H16N2O2S. The largest absolute Gasteiger partial charge is 0.478 e. The average Bonchev–Trinajstić information content (AvgIpc) is 2.91. The summed E-state index contributed by atoms with van der Waals surface area (Å²) in [5, 5.41) is 10.9. The molecule has 100 valence electrons. The molecule has 0 aromatic carbocycles. The Balaban J connectivity index is 1.99. The van der Waals surface area contributed by atoms with Crippen LogP contribution in [0.5, 0.6) is 0 Å². The van der Waals surface area contributed by atoms with E-state index >= 15 is 0 Å². The maximum Gasteiger partial charge on any atom is 0.337 e. The van der Waals surface area contributed by atoms with Crippen molar-refractivity contribution in [1.82, 2.24) is 9.88 Å². The van der Waals surface area contributed by atoms with Crippen molar-refractivity contribution in [3.8, 4) is 0 Å². The number of carbonyl (C=O) groups is 1. The van der Waals surface area contributed by atoms with Gasteiger partial charge in [0.2, 0.25) is 0 Å². The van der Waals surface area contributed by atoms with Crippen molar-refractivity contribution < 1.29 is 9.90 Å². The summed E-state index contributed by atoms with van der Waals surface area (Å²) in [5.41, 5.74) is 1.12. The molecule has 0 bridgehead atoms. The van der Waals surface area contributed by atoms with E-state index in [0.717, 1.165) is 25.3 Å². The summed E-state index contributed by atoms with van der Waals surface area (Å²) >= 11 is 1.74. The summed E-state index contributed by atoms with van der Waals surface area (Å²) in [6, 6.07) is 7.55. The molecule has 0 spiro atoms. The molecule has 0 fully saturated rings. The Morgan fingerprint density at radius 3 is 2.74 bits per heavy atom. The Bertz CT molecular complexity index is 523. The van der Waals surface area contributed by atoms with E-state index in [1.54, 1.807) is 23.5 Å². The molecule has 19 heavy (non-hydrogen) atoms.